The van der Waals surface area contributed by atoms with Gasteiger partial charge in [0.05, 0.1) is 5.60 Å². The predicted octanol–water partition coefficient (Wildman–Crippen LogP) is 3.64. The number of hydrogen-bond acceptors (Lipinski definition) is 1. The Kier molecular flexibility index (Phi) is 2.96. The van der Waals surface area contributed by atoms with Crippen molar-refractivity contribution in [3.8, 4) is 0 Å². The number of aliphatic hydroxyl groups is 1. The zero-order chi connectivity index (χ0) is 12.6. The SMILES string of the molecule is Cc1cccc(C2=CC=CC(C)(O)C2C)c1C. The average molecular weight is 228 g/mol. The van der Waals surface area contributed by atoms with Crippen molar-refractivity contribution in [1.82, 2.24) is 0 Å². The van der Waals surface area contributed by atoms with Crippen molar-refractivity contribution in [3.05, 3.63) is 53.1 Å². The fourth-order valence-electron chi connectivity index (χ4n) is 2.34. The predicted molar refractivity (Wildman–Crippen MR) is 72.8 cm³/mol. The Hall–Kier alpha value is -1.34. The fourth-order valence-corrected chi connectivity index (χ4v) is 2.34. The van der Waals surface area contributed by atoms with Gasteiger partial charge in [0, 0.05) is 5.92 Å². The van der Waals surface area contributed by atoms with Crippen LogP contribution in [-0.4, -0.2) is 10.7 Å². The molecule has 1 N–H and O–H groups in total. The summed E-state index contributed by atoms with van der Waals surface area (Å²) < 4.78 is 0. The smallest absolute Gasteiger partial charge is 0.0868 e. The highest BCUT2D eigenvalue weighted by Crippen LogP contribution is 2.37. The number of benzene rings is 1. The van der Waals surface area contributed by atoms with Gasteiger partial charge in [0.15, 0.2) is 0 Å². The molecule has 1 aliphatic carbocycles. The maximum atomic E-state index is 10.3. The molecular formula is C16H20O. The lowest BCUT2D eigenvalue weighted by Gasteiger charge is -2.32. The molecular weight excluding hydrogens is 208 g/mol. The van der Waals surface area contributed by atoms with Crippen LogP contribution >= 0.6 is 0 Å². The molecule has 1 aromatic carbocycles. The van der Waals surface area contributed by atoms with Gasteiger partial charge in [0.2, 0.25) is 0 Å². The van der Waals surface area contributed by atoms with E-state index >= 15 is 0 Å². The first kappa shape index (κ1) is 12.1. The van der Waals surface area contributed by atoms with Crippen LogP contribution in [0.1, 0.15) is 30.5 Å². The van der Waals surface area contributed by atoms with Crippen LogP contribution in [0.15, 0.2) is 36.4 Å². The van der Waals surface area contributed by atoms with Crippen molar-refractivity contribution >= 4 is 5.57 Å². The molecule has 0 aromatic heterocycles. The Morgan fingerprint density at radius 2 is 1.94 bits per heavy atom. The molecule has 0 bridgehead atoms. The molecule has 0 heterocycles. The van der Waals surface area contributed by atoms with Crippen LogP contribution in [-0.2, 0) is 0 Å². The Bertz CT molecular complexity index is 492. The van der Waals surface area contributed by atoms with Gasteiger partial charge in [-0.25, -0.2) is 0 Å². The minimum Gasteiger partial charge on any atom is -0.385 e. The summed E-state index contributed by atoms with van der Waals surface area (Å²) >= 11 is 0. The molecule has 0 spiro atoms. The van der Waals surface area contributed by atoms with Crippen molar-refractivity contribution < 1.29 is 5.11 Å². The molecule has 17 heavy (non-hydrogen) atoms. The van der Waals surface area contributed by atoms with Crippen molar-refractivity contribution in [2.75, 3.05) is 0 Å². The van der Waals surface area contributed by atoms with Crippen molar-refractivity contribution in [2.24, 2.45) is 5.92 Å². The highest BCUT2D eigenvalue weighted by molar-refractivity contribution is 5.74. The monoisotopic (exact) mass is 228 g/mol. The molecule has 0 aliphatic heterocycles. The lowest BCUT2D eigenvalue weighted by atomic mass is 9.77. The second kappa shape index (κ2) is 4.15. The normalized spacial score (nSPS) is 28.1. The number of aryl methyl sites for hydroxylation is 1. The Balaban J connectivity index is 2.51. The van der Waals surface area contributed by atoms with Gasteiger partial charge in [-0.3, -0.25) is 0 Å². The van der Waals surface area contributed by atoms with Gasteiger partial charge in [-0.1, -0.05) is 43.4 Å². The number of allylic oxidation sites excluding steroid dienone is 2. The average Bonchev–Trinajstić information content (AvgIpc) is 2.27. The highest BCUT2D eigenvalue weighted by Gasteiger charge is 2.31. The molecule has 2 atom stereocenters. The van der Waals surface area contributed by atoms with E-state index in [9.17, 15) is 5.11 Å². The molecule has 0 fully saturated rings. The third-order valence-electron chi connectivity index (χ3n) is 3.97. The summed E-state index contributed by atoms with van der Waals surface area (Å²) in [7, 11) is 0. The molecule has 2 unspecified atom stereocenters. The van der Waals surface area contributed by atoms with E-state index in [4.69, 9.17) is 0 Å². The maximum absolute atomic E-state index is 10.3. The van der Waals surface area contributed by atoms with Crippen LogP contribution in [0, 0.1) is 19.8 Å². The van der Waals surface area contributed by atoms with Crippen LogP contribution in [0.25, 0.3) is 5.57 Å². The second-order valence-electron chi connectivity index (χ2n) is 5.18. The minimum atomic E-state index is -0.750. The van der Waals surface area contributed by atoms with Gasteiger partial charge in [-0.15, -0.1) is 0 Å². The summed E-state index contributed by atoms with van der Waals surface area (Å²) in [6.07, 6.45) is 5.94. The summed E-state index contributed by atoms with van der Waals surface area (Å²) in [5, 5.41) is 10.3. The topological polar surface area (TPSA) is 20.2 Å². The van der Waals surface area contributed by atoms with E-state index in [1.54, 1.807) is 0 Å². The molecule has 1 nitrogen and oxygen atoms in total. The summed E-state index contributed by atoms with van der Waals surface area (Å²) in [5.41, 5.74) is 4.32. The van der Waals surface area contributed by atoms with E-state index in [1.807, 2.05) is 19.1 Å². The Labute approximate surface area is 103 Å². The lowest BCUT2D eigenvalue weighted by Crippen LogP contribution is -2.32. The standard InChI is InChI=1S/C16H20O/c1-11-7-5-8-14(12(11)2)15-9-6-10-16(4,17)13(15)3/h5-10,13,17H,1-4H3. The largest absolute Gasteiger partial charge is 0.385 e. The third-order valence-corrected chi connectivity index (χ3v) is 3.97. The lowest BCUT2D eigenvalue weighted by molar-refractivity contribution is 0.0771. The van der Waals surface area contributed by atoms with E-state index in [0.717, 1.165) is 0 Å². The fraction of sp³-hybridized carbons (Fsp3) is 0.375. The zero-order valence-electron chi connectivity index (χ0n) is 11.0. The van der Waals surface area contributed by atoms with Gasteiger partial charge >= 0.3 is 0 Å². The maximum Gasteiger partial charge on any atom is 0.0868 e. The quantitative estimate of drug-likeness (QED) is 0.778. The van der Waals surface area contributed by atoms with Gasteiger partial charge in [-0.05, 0) is 43.0 Å². The van der Waals surface area contributed by atoms with Crippen molar-refractivity contribution in [2.45, 2.75) is 33.3 Å². The van der Waals surface area contributed by atoms with E-state index < -0.39 is 5.60 Å². The molecule has 0 saturated heterocycles. The van der Waals surface area contributed by atoms with Crippen LogP contribution in [0.4, 0.5) is 0 Å². The van der Waals surface area contributed by atoms with E-state index in [0.29, 0.717) is 0 Å². The summed E-state index contributed by atoms with van der Waals surface area (Å²) in [5.74, 6) is 0.119. The third kappa shape index (κ3) is 2.07. The van der Waals surface area contributed by atoms with Gasteiger partial charge in [0.1, 0.15) is 0 Å². The number of rotatable bonds is 1. The summed E-state index contributed by atoms with van der Waals surface area (Å²) in [4.78, 5) is 0. The first-order valence-electron chi connectivity index (χ1n) is 6.12. The van der Waals surface area contributed by atoms with Crippen LogP contribution in [0.2, 0.25) is 0 Å². The van der Waals surface area contributed by atoms with E-state index in [1.165, 1.54) is 22.3 Å². The highest BCUT2D eigenvalue weighted by atomic mass is 16.3. The van der Waals surface area contributed by atoms with Crippen molar-refractivity contribution in [1.29, 1.82) is 0 Å². The van der Waals surface area contributed by atoms with Gasteiger partial charge < -0.3 is 5.11 Å². The van der Waals surface area contributed by atoms with Gasteiger partial charge in [0.25, 0.3) is 0 Å². The minimum absolute atomic E-state index is 0.119. The zero-order valence-corrected chi connectivity index (χ0v) is 11.0. The van der Waals surface area contributed by atoms with Crippen LogP contribution in [0.5, 0.6) is 0 Å². The van der Waals surface area contributed by atoms with Crippen LogP contribution < -0.4 is 0 Å². The van der Waals surface area contributed by atoms with Gasteiger partial charge in [-0.2, -0.15) is 0 Å². The molecule has 0 amide bonds. The number of hydrogen-bond donors (Lipinski definition) is 1. The Morgan fingerprint density at radius 1 is 1.24 bits per heavy atom. The first-order valence-corrected chi connectivity index (χ1v) is 6.12. The molecule has 2 rings (SSSR count). The molecule has 1 heteroatoms. The second-order valence-corrected chi connectivity index (χ2v) is 5.18. The van der Waals surface area contributed by atoms with E-state index in [-0.39, 0.29) is 5.92 Å². The van der Waals surface area contributed by atoms with E-state index in [2.05, 4.69) is 45.0 Å². The molecule has 0 saturated carbocycles. The molecule has 1 aliphatic rings. The molecule has 1 aromatic rings. The first-order chi connectivity index (χ1) is 7.93. The van der Waals surface area contributed by atoms with Crippen LogP contribution in [0.3, 0.4) is 0 Å². The summed E-state index contributed by atoms with van der Waals surface area (Å²) in [6, 6.07) is 6.35. The Morgan fingerprint density at radius 3 is 2.65 bits per heavy atom. The van der Waals surface area contributed by atoms with Crippen molar-refractivity contribution in [3.63, 3.8) is 0 Å². The molecule has 90 valence electrons. The molecule has 0 radical (unpaired) electrons. The summed E-state index contributed by atoms with van der Waals surface area (Å²) in [6.45, 7) is 8.22.